The minimum absolute atomic E-state index is 0.00594. The Hall–Kier alpha value is -2.05. The molecule has 1 aromatic rings. The summed E-state index contributed by atoms with van der Waals surface area (Å²) in [4.78, 5) is 38.1. The van der Waals surface area contributed by atoms with Crippen molar-refractivity contribution in [3.05, 3.63) is 22.4 Å². The van der Waals surface area contributed by atoms with Gasteiger partial charge in [0.25, 0.3) is 11.8 Å². The first-order valence-corrected chi connectivity index (χ1v) is 11.2. The number of carbonyl (C=O) groups is 3. The first-order valence-electron chi connectivity index (χ1n) is 10.3. The molecule has 9 N–H and O–H groups in total. The molecule has 10 nitrogen and oxygen atoms in total. The van der Waals surface area contributed by atoms with Gasteiger partial charge in [0.15, 0.2) is 6.04 Å². The molecule has 1 aliphatic rings. The van der Waals surface area contributed by atoms with E-state index in [4.69, 9.17) is 5.73 Å². The van der Waals surface area contributed by atoms with Crippen molar-refractivity contribution in [3.63, 3.8) is 0 Å². The molecule has 1 aromatic heterocycles. The van der Waals surface area contributed by atoms with Crippen molar-refractivity contribution in [1.82, 2.24) is 10.6 Å². The van der Waals surface area contributed by atoms with Crippen molar-refractivity contribution in [1.29, 1.82) is 0 Å². The fourth-order valence-corrected chi connectivity index (χ4v) is 4.64. The molecule has 1 fully saturated rings. The van der Waals surface area contributed by atoms with Crippen LogP contribution in [0.25, 0.3) is 0 Å². The summed E-state index contributed by atoms with van der Waals surface area (Å²) in [5.41, 5.74) is 3.32. The van der Waals surface area contributed by atoms with Gasteiger partial charge in [0.2, 0.25) is 5.91 Å². The molecule has 1 aliphatic carbocycles. The number of thiophene rings is 1. The van der Waals surface area contributed by atoms with Gasteiger partial charge in [-0.25, -0.2) is 0 Å². The minimum Gasteiger partial charge on any atom is -0.390 e. The monoisotopic (exact) mass is 457 g/mol. The predicted molar refractivity (Wildman–Crippen MR) is 114 cm³/mol. The van der Waals surface area contributed by atoms with E-state index in [9.17, 15) is 29.7 Å². The van der Waals surface area contributed by atoms with E-state index in [1.54, 1.807) is 24.5 Å². The smallest absolute Gasteiger partial charge is 0.278 e. The van der Waals surface area contributed by atoms with Gasteiger partial charge in [0.1, 0.15) is 17.7 Å². The van der Waals surface area contributed by atoms with Crippen LogP contribution in [0.4, 0.5) is 0 Å². The van der Waals surface area contributed by atoms with E-state index in [1.165, 1.54) is 11.3 Å². The van der Waals surface area contributed by atoms with Crippen LogP contribution in [-0.4, -0.2) is 76.0 Å². The van der Waals surface area contributed by atoms with E-state index in [-0.39, 0.29) is 24.7 Å². The highest BCUT2D eigenvalue weighted by Crippen LogP contribution is 2.30. The van der Waals surface area contributed by atoms with Gasteiger partial charge in [-0.3, -0.25) is 14.4 Å². The number of nitrogens with one attached hydrogen (secondary N) is 2. The number of likely N-dealkylation sites (N-methyl/N-ethyl adjacent to an activating group) is 1. The number of carbonyl (C=O) groups excluding carboxylic acids is 3. The SMILES string of the molecule is C[NH2+][C@H](C(=O)N[C@H]1C[C@@](O)(C(=O)N[C@@H](Cc2cccs2)C(N)=O)C[C@@H](O)[C@@H]1O)C(C)C. The second-order valence-corrected chi connectivity index (χ2v) is 9.46. The Morgan fingerprint density at radius 2 is 2.00 bits per heavy atom. The summed E-state index contributed by atoms with van der Waals surface area (Å²) in [6.07, 6.45) is -3.38. The third kappa shape index (κ3) is 6.23. The third-order valence-corrected chi connectivity index (χ3v) is 6.57. The van der Waals surface area contributed by atoms with Crippen LogP contribution >= 0.6 is 11.3 Å². The van der Waals surface area contributed by atoms with Crippen molar-refractivity contribution in [3.8, 4) is 0 Å². The number of hydrogen-bond donors (Lipinski definition) is 7. The Morgan fingerprint density at radius 1 is 1.32 bits per heavy atom. The lowest BCUT2D eigenvalue weighted by Crippen LogP contribution is -2.91. The first-order chi connectivity index (χ1) is 14.5. The fourth-order valence-electron chi connectivity index (χ4n) is 3.89. The van der Waals surface area contributed by atoms with Crippen molar-refractivity contribution in [2.24, 2.45) is 11.7 Å². The van der Waals surface area contributed by atoms with Gasteiger partial charge in [-0.2, -0.15) is 0 Å². The number of primary amides is 1. The second kappa shape index (κ2) is 10.5. The highest BCUT2D eigenvalue weighted by Gasteiger charge is 2.50. The van der Waals surface area contributed by atoms with E-state index in [0.29, 0.717) is 0 Å². The molecule has 2 rings (SSSR count). The lowest BCUT2D eigenvalue weighted by Gasteiger charge is -2.42. The average molecular weight is 458 g/mol. The van der Waals surface area contributed by atoms with Crippen LogP contribution in [0.15, 0.2) is 17.5 Å². The minimum atomic E-state index is -2.09. The number of rotatable bonds is 9. The highest BCUT2D eigenvalue weighted by atomic mass is 32.1. The fraction of sp³-hybridized carbons (Fsp3) is 0.650. The maximum absolute atomic E-state index is 12.9. The Kier molecular flexibility index (Phi) is 8.55. The molecule has 0 spiro atoms. The molecular formula is C20H33N4O6S+. The summed E-state index contributed by atoms with van der Waals surface area (Å²) in [6, 6.07) is 1.07. The highest BCUT2D eigenvalue weighted by molar-refractivity contribution is 7.09. The average Bonchev–Trinajstić information content (AvgIpc) is 3.18. The Balaban J connectivity index is 2.13. The van der Waals surface area contributed by atoms with Crippen LogP contribution < -0.4 is 21.7 Å². The summed E-state index contributed by atoms with van der Waals surface area (Å²) < 4.78 is 0. The molecule has 1 saturated carbocycles. The zero-order valence-corrected chi connectivity index (χ0v) is 18.8. The van der Waals surface area contributed by atoms with Gasteiger partial charge in [-0.1, -0.05) is 19.9 Å². The maximum atomic E-state index is 12.9. The molecule has 174 valence electrons. The van der Waals surface area contributed by atoms with Crippen LogP contribution in [0, 0.1) is 5.92 Å². The van der Waals surface area contributed by atoms with E-state index >= 15 is 0 Å². The lowest BCUT2D eigenvalue weighted by molar-refractivity contribution is -0.656. The van der Waals surface area contributed by atoms with Gasteiger partial charge in [-0.15, -0.1) is 11.3 Å². The number of hydrogen-bond acceptors (Lipinski definition) is 7. The first kappa shape index (κ1) is 25.2. The number of aliphatic hydroxyl groups excluding tert-OH is 2. The van der Waals surface area contributed by atoms with Gasteiger partial charge in [0, 0.05) is 30.1 Å². The van der Waals surface area contributed by atoms with E-state index < -0.39 is 54.2 Å². The van der Waals surface area contributed by atoms with Gasteiger partial charge >= 0.3 is 0 Å². The standard InChI is InChI=1S/C20H32N4O6S/c1-10(2)15(22-3)18(28)23-13-8-20(30,9-14(25)16(13)26)19(29)24-12(17(21)27)7-11-5-4-6-31-11/h4-6,10,12-16,22,25-26,30H,7-9H2,1-3H3,(H2,21,27)(H,23,28)(H,24,29)/p+1/t12-,13-,14+,15-,16+,20-/m0/s1. The largest absolute Gasteiger partial charge is 0.390 e. The summed E-state index contributed by atoms with van der Waals surface area (Å²) >= 11 is 1.40. The molecule has 3 amide bonds. The molecule has 0 radical (unpaired) electrons. The van der Waals surface area contributed by atoms with Crippen LogP contribution in [0.1, 0.15) is 31.6 Å². The quantitative estimate of drug-likeness (QED) is 0.211. The van der Waals surface area contributed by atoms with Gasteiger partial charge in [-0.05, 0) is 11.4 Å². The molecule has 0 aliphatic heterocycles. The number of nitrogens with two attached hydrogens (primary N) is 2. The third-order valence-electron chi connectivity index (χ3n) is 5.68. The molecule has 31 heavy (non-hydrogen) atoms. The van der Waals surface area contributed by atoms with Crippen molar-refractivity contribution in [2.75, 3.05) is 7.05 Å². The molecule has 1 heterocycles. The topological polar surface area (TPSA) is 179 Å². The molecular weight excluding hydrogens is 424 g/mol. The Morgan fingerprint density at radius 3 is 2.52 bits per heavy atom. The van der Waals surface area contributed by atoms with Crippen LogP contribution in [-0.2, 0) is 20.8 Å². The maximum Gasteiger partial charge on any atom is 0.278 e. The molecule has 0 saturated heterocycles. The van der Waals surface area contributed by atoms with E-state index in [0.717, 1.165) is 4.88 Å². The van der Waals surface area contributed by atoms with Crippen molar-refractivity contribution >= 4 is 29.1 Å². The normalized spacial score (nSPS) is 28.0. The summed E-state index contributed by atoms with van der Waals surface area (Å²) in [5, 5.41) is 40.2. The molecule has 11 heteroatoms. The summed E-state index contributed by atoms with van der Waals surface area (Å²) in [5.74, 6) is -2.01. The Labute approximate surface area is 185 Å². The molecule has 0 bridgehead atoms. The second-order valence-electron chi connectivity index (χ2n) is 8.43. The number of aliphatic hydroxyl groups is 3. The number of amides is 3. The number of quaternary nitrogens is 1. The van der Waals surface area contributed by atoms with Crippen LogP contribution in [0.2, 0.25) is 0 Å². The lowest BCUT2D eigenvalue weighted by atomic mass is 9.77. The molecule has 0 unspecified atom stereocenters. The predicted octanol–water partition coefficient (Wildman–Crippen LogP) is -2.79. The Bertz CT molecular complexity index is 774. The zero-order chi connectivity index (χ0) is 23.3. The summed E-state index contributed by atoms with van der Waals surface area (Å²) in [6.45, 7) is 3.75. The van der Waals surface area contributed by atoms with Crippen LogP contribution in [0.5, 0.6) is 0 Å². The summed E-state index contributed by atoms with van der Waals surface area (Å²) in [7, 11) is 1.75. The van der Waals surface area contributed by atoms with Crippen LogP contribution in [0.3, 0.4) is 0 Å². The van der Waals surface area contributed by atoms with Crippen molar-refractivity contribution < 1.29 is 35.0 Å². The van der Waals surface area contributed by atoms with Gasteiger partial charge < -0.3 is 37.0 Å². The van der Waals surface area contributed by atoms with E-state index in [1.807, 2.05) is 19.2 Å². The zero-order valence-electron chi connectivity index (χ0n) is 17.9. The molecule has 0 aromatic carbocycles. The molecule has 6 atom stereocenters. The van der Waals surface area contributed by atoms with Crippen molar-refractivity contribution in [2.45, 2.75) is 69.0 Å². The van der Waals surface area contributed by atoms with E-state index in [2.05, 4.69) is 10.6 Å². The van der Waals surface area contributed by atoms with Gasteiger partial charge in [0.05, 0.1) is 19.2 Å².